The Morgan fingerprint density at radius 1 is 1.10 bits per heavy atom. The largest absolute Gasteiger partial charge is 0.473 e. The third-order valence-electron chi connectivity index (χ3n) is 3.41. The molecule has 0 aliphatic carbocycles. The van der Waals surface area contributed by atoms with Crippen molar-refractivity contribution in [3.05, 3.63) is 54.7 Å². The maximum absolute atomic E-state index is 12.5. The Labute approximate surface area is 124 Å². The lowest BCUT2D eigenvalue weighted by Crippen LogP contribution is -2.31. The number of ether oxygens (including phenoxy) is 1. The summed E-state index contributed by atoms with van der Waals surface area (Å²) in [5.41, 5.74) is 0. The van der Waals surface area contributed by atoms with Gasteiger partial charge in [0.05, 0.1) is 11.4 Å². The molecule has 110 valence electrons. The van der Waals surface area contributed by atoms with Crippen molar-refractivity contribution in [3.8, 4) is 5.88 Å². The van der Waals surface area contributed by atoms with Gasteiger partial charge in [-0.1, -0.05) is 24.3 Å². The molecule has 1 unspecified atom stereocenters. The van der Waals surface area contributed by atoms with E-state index in [-0.39, 0.29) is 6.10 Å². The number of sulfonamides is 1. The normalized spacial score (nSPS) is 19.5. The molecule has 0 radical (unpaired) electrons. The second-order valence-corrected chi connectivity index (χ2v) is 6.81. The van der Waals surface area contributed by atoms with E-state index in [4.69, 9.17) is 4.74 Å². The Morgan fingerprint density at radius 3 is 2.57 bits per heavy atom. The van der Waals surface area contributed by atoms with Crippen LogP contribution in [0.4, 0.5) is 0 Å². The lowest BCUT2D eigenvalue weighted by Gasteiger charge is -2.17. The summed E-state index contributed by atoms with van der Waals surface area (Å²) < 4.78 is 32.2. The van der Waals surface area contributed by atoms with E-state index in [1.165, 1.54) is 4.31 Å². The Balaban J connectivity index is 1.70. The lowest BCUT2D eigenvalue weighted by molar-refractivity contribution is 0.207. The molecule has 1 atom stereocenters. The van der Waals surface area contributed by atoms with Crippen LogP contribution in [0.5, 0.6) is 5.88 Å². The third kappa shape index (κ3) is 3.06. The summed E-state index contributed by atoms with van der Waals surface area (Å²) in [4.78, 5) is 4.42. The van der Waals surface area contributed by atoms with Crippen molar-refractivity contribution in [1.29, 1.82) is 0 Å². The maximum Gasteiger partial charge on any atom is 0.243 e. The molecule has 0 bridgehead atoms. The van der Waals surface area contributed by atoms with Crippen LogP contribution in [0.1, 0.15) is 6.42 Å². The van der Waals surface area contributed by atoms with E-state index < -0.39 is 10.0 Å². The van der Waals surface area contributed by atoms with Crippen molar-refractivity contribution in [3.63, 3.8) is 0 Å². The molecule has 21 heavy (non-hydrogen) atoms. The summed E-state index contributed by atoms with van der Waals surface area (Å²) in [5.74, 6) is 0.529. The summed E-state index contributed by atoms with van der Waals surface area (Å²) in [5, 5.41) is 0. The molecule has 0 spiro atoms. The van der Waals surface area contributed by atoms with E-state index in [0.29, 0.717) is 30.3 Å². The number of nitrogens with zero attached hydrogens (tertiary/aromatic N) is 2. The van der Waals surface area contributed by atoms with Gasteiger partial charge in [-0.05, 0) is 24.6 Å². The first-order chi connectivity index (χ1) is 10.2. The van der Waals surface area contributed by atoms with E-state index in [0.717, 1.165) is 0 Å². The first-order valence-corrected chi connectivity index (χ1v) is 8.23. The van der Waals surface area contributed by atoms with E-state index in [9.17, 15) is 8.42 Å². The van der Waals surface area contributed by atoms with Gasteiger partial charge < -0.3 is 4.74 Å². The predicted octanol–water partition coefficient (Wildman–Crippen LogP) is 1.92. The highest BCUT2D eigenvalue weighted by Gasteiger charge is 2.33. The second-order valence-electron chi connectivity index (χ2n) is 4.87. The fraction of sp³-hybridized carbons (Fsp3) is 0.267. The standard InChI is InChI=1S/C15H16N2O3S/c18-21(19,14-6-2-1-3-7-14)17-11-9-13(12-17)20-15-8-4-5-10-16-15/h1-8,10,13H,9,11-12H2. The molecule has 1 aromatic carbocycles. The highest BCUT2D eigenvalue weighted by molar-refractivity contribution is 7.89. The van der Waals surface area contributed by atoms with Crippen molar-refractivity contribution < 1.29 is 13.2 Å². The molecule has 0 saturated carbocycles. The minimum absolute atomic E-state index is 0.154. The number of hydrogen-bond donors (Lipinski definition) is 0. The second kappa shape index (κ2) is 5.83. The summed E-state index contributed by atoms with van der Waals surface area (Å²) >= 11 is 0. The molecule has 1 aliphatic rings. The van der Waals surface area contributed by atoms with Gasteiger partial charge in [-0.15, -0.1) is 0 Å². The number of aromatic nitrogens is 1. The van der Waals surface area contributed by atoms with Crippen molar-refractivity contribution in [2.75, 3.05) is 13.1 Å². The number of hydrogen-bond acceptors (Lipinski definition) is 4. The third-order valence-corrected chi connectivity index (χ3v) is 5.29. The quantitative estimate of drug-likeness (QED) is 0.866. The molecular formula is C15H16N2O3S. The van der Waals surface area contributed by atoms with Gasteiger partial charge in [0.15, 0.2) is 0 Å². The summed E-state index contributed by atoms with van der Waals surface area (Å²) in [6.07, 6.45) is 2.17. The highest BCUT2D eigenvalue weighted by Crippen LogP contribution is 2.23. The van der Waals surface area contributed by atoms with Crippen LogP contribution in [0.15, 0.2) is 59.6 Å². The van der Waals surface area contributed by atoms with Crippen LogP contribution >= 0.6 is 0 Å². The lowest BCUT2D eigenvalue weighted by atomic mass is 10.3. The Bertz CT molecular complexity index is 689. The SMILES string of the molecule is O=S(=O)(c1ccccc1)N1CCC(Oc2ccccn2)C1. The zero-order valence-corrected chi connectivity index (χ0v) is 12.2. The molecule has 0 N–H and O–H groups in total. The first-order valence-electron chi connectivity index (χ1n) is 6.79. The molecule has 6 heteroatoms. The van der Waals surface area contributed by atoms with Crippen LogP contribution in [-0.2, 0) is 10.0 Å². The summed E-state index contributed by atoms with van der Waals surface area (Å²) in [6.45, 7) is 0.822. The van der Waals surface area contributed by atoms with E-state index in [1.807, 2.05) is 12.1 Å². The number of benzene rings is 1. The minimum Gasteiger partial charge on any atom is -0.473 e. The fourth-order valence-corrected chi connectivity index (χ4v) is 3.85. The topological polar surface area (TPSA) is 59.5 Å². The van der Waals surface area contributed by atoms with Gasteiger partial charge in [0.25, 0.3) is 0 Å². The zero-order valence-electron chi connectivity index (χ0n) is 11.4. The smallest absolute Gasteiger partial charge is 0.243 e. The van der Waals surface area contributed by atoms with E-state index in [2.05, 4.69) is 4.98 Å². The molecule has 1 saturated heterocycles. The maximum atomic E-state index is 12.5. The van der Waals surface area contributed by atoms with Crippen LogP contribution < -0.4 is 4.74 Å². The monoisotopic (exact) mass is 304 g/mol. The predicted molar refractivity (Wildman–Crippen MR) is 78.5 cm³/mol. The average Bonchev–Trinajstić information content (AvgIpc) is 2.98. The molecular weight excluding hydrogens is 288 g/mol. The molecule has 2 heterocycles. The number of pyridine rings is 1. The molecule has 0 amide bonds. The van der Waals surface area contributed by atoms with Crippen LogP contribution in [0.2, 0.25) is 0 Å². The van der Waals surface area contributed by atoms with Crippen LogP contribution in [0.25, 0.3) is 0 Å². The molecule has 1 aliphatic heterocycles. The van der Waals surface area contributed by atoms with Crippen molar-refractivity contribution in [1.82, 2.24) is 9.29 Å². The first kappa shape index (κ1) is 14.0. The molecule has 5 nitrogen and oxygen atoms in total. The van der Waals surface area contributed by atoms with Gasteiger partial charge in [0.2, 0.25) is 15.9 Å². The fourth-order valence-electron chi connectivity index (χ4n) is 2.34. The van der Waals surface area contributed by atoms with Crippen LogP contribution in [0.3, 0.4) is 0 Å². The van der Waals surface area contributed by atoms with Gasteiger partial charge in [0, 0.05) is 18.8 Å². The number of rotatable bonds is 4. The van der Waals surface area contributed by atoms with Crippen molar-refractivity contribution in [2.24, 2.45) is 0 Å². The Hall–Kier alpha value is -1.92. The minimum atomic E-state index is -3.43. The molecule has 1 fully saturated rings. The summed E-state index contributed by atoms with van der Waals surface area (Å²) in [6, 6.07) is 13.9. The Morgan fingerprint density at radius 2 is 1.86 bits per heavy atom. The van der Waals surface area contributed by atoms with Gasteiger partial charge in [0.1, 0.15) is 6.10 Å². The van der Waals surface area contributed by atoms with Crippen LogP contribution in [-0.4, -0.2) is 36.9 Å². The van der Waals surface area contributed by atoms with Gasteiger partial charge in [-0.3, -0.25) is 0 Å². The van der Waals surface area contributed by atoms with Crippen molar-refractivity contribution in [2.45, 2.75) is 17.4 Å². The Kier molecular flexibility index (Phi) is 3.90. The zero-order chi connectivity index (χ0) is 14.7. The van der Waals surface area contributed by atoms with Crippen LogP contribution in [0, 0.1) is 0 Å². The van der Waals surface area contributed by atoms with Crippen molar-refractivity contribution >= 4 is 10.0 Å². The van der Waals surface area contributed by atoms with E-state index in [1.54, 1.807) is 42.6 Å². The molecule has 1 aromatic heterocycles. The highest BCUT2D eigenvalue weighted by atomic mass is 32.2. The van der Waals surface area contributed by atoms with E-state index >= 15 is 0 Å². The average molecular weight is 304 g/mol. The molecule has 3 rings (SSSR count). The van der Waals surface area contributed by atoms with Gasteiger partial charge in [-0.2, -0.15) is 4.31 Å². The van der Waals surface area contributed by atoms with Gasteiger partial charge >= 0.3 is 0 Å². The van der Waals surface area contributed by atoms with Gasteiger partial charge in [-0.25, -0.2) is 13.4 Å². The molecule has 2 aromatic rings. The summed E-state index contributed by atoms with van der Waals surface area (Å²) in [7, 11) is -3.43.